The molecule has 0 amide bonds. The lowest BCUT2D eigenvalue weighted by Crippen LogP contribution is -2.21. The molecule has 33 heavy (non-hydrogen) atoms. The van der Waals surface area contributed by atoms with Crippen molar-refractivity contribution < 1.29 is 9.13 Å². The van der Waals surface area contributed by atoms with Gasteiger partial charge >= 0.3 is 0 Å². The molecular weight excluding hydrogens is 445 g/mol. The molecule has 1 aliphatic heterocycles. The van der Waals surface area contributed by atoms with Crippen LogP contribution in [0.2, 0.25) is 5.02 Å². The van der Waals surface area contributed by atoms with Crippen molar-refractivity contribution in [2.75, 3.05) is 11.9 Å². The lowest BCUT2D eigenvalue weighted by molar-refractivity contribution is -0.0383. The Labute approximate surface area is 194 Å². The molecule has 1 fully saturated rings. The minimum atomic E-state index is -0.512. The highest BCUT2D eigenvalue weighted by molar-refractivity contribution is 6.31. The molecule has 4 aromatic rings. The van der Waals surface area contributed by atoms with E-state index in [0.29, 0.717) is 34.0 Å². The SMILES string of the molecule is CC(Nc1nccc(-c2ccnn2C2CCCCO2)c1F)c1cc2cc(Cl)ccc2[nH]c1=O. The standard InChI is InChI=1S/C24H23ClFN5O2/c1-14(18-13-15-12-16(25)5-6-19(15)30-24(18)32)29-23-22(26)17(7-9-27-23)20-8-10-28-31(20)21-4-2-3-11-33-21/h5-10,12-14,21H,2-4,11H2,1H3,(H,27,29)(H,30,32). The van der Waals surface area contributed by atoms with Gasteiger partial charge in [-0.25, -0.2) is 14.1 Å². The molecule has 4 heterocycles. The van der Waals surface area contributed by atoms with Crippen LogP contribution in [0.4, 0.5) is 10.2 Å². The van der Waals surface area contributed by atoms with E-state index in [1.807, 2.05) is 0 Å². The predicted octanol–water partition coefficient (Wildman–Crippen LogP) is 5.45. The number of aromatic nitrogens is 4. The second-order valence-electron chi connectivity index (χ2n) is 8.15. The van der Waals surface area contributed by atoms with E-state index in [-0.39, 0.29) is 17.6 Å². The molecule has 1 aliphatic rings. The van der Waals surface area contributed by atoms with E-state index in [0.717, 1.165) is 24.6 Å². The van der Waals surface area contributed by atoms with Gasteiger partial charge in [-0.05, 0) is 62.6 Å². The molecule has 5 rings (SSSR count). The molecular formula is C24H23ClFN5O2. The van der Waals surface area contributed by atoms with Crippen LogP contribution in [-0.2, 0) is 4.74 Å². The topological polar surface area (TPSA) is 84.8 Å². The average molecular weight is 468 g/mol. The second-order valence-corrected chi connectivity index (χ2v) is 8.59. The van der Waals surface area contributed by atoms with Gasteiger partial charge in [0.25, 0.3) is 5.56 Å². The number of hydrogen-bond donors (Lipinski definition) is 2. The van der Waals surface area contributed by atoms with Crippen LogP contribution >= 0.6 is 11.6 Å². The number of nitrogens with one attached hydrogen (secondary N) is 2. The van der Waals surface area contributed by atoms with Gasteiger partial charge in [-0.3, -0.25) is 4.79 Å². The molecule has 0 spiro atoms. The second kappa shape index (κ2) is 8.96. The number of fused-ring (bicyclic) bond motifs is 1. The summed E-state index contributed by atoms with van der Waals surface area (Å²) in [5, 5.41) is 8.78. The summed E-state index contributed by atoms with van der Waals surface area (Å²) in [5.74, 6) is -0.454. The van der Waals surface area contributed by atoms with Crippen LogP contribution in [0.5, 0.6) is 0 Å². The van der Waals surface area contributed by atoms with E-state index < -0.39 is 11.9 Å². The number of anilines is 1. The molecule has 0 radical (unpaired) electrons. The summed E-state index contributed by atoms with van der Waals surface area (Å²) >= 11 is 6.09. The minimum Gasteiger partial charge on any atom is -0.361 e. The monoisotopic (exact) mass is 467 g/mol. The number of halogens is 2. The van der Waals surface area contributed by atoms with Crippen molar-refractivity contribution >= 4 is 28.3 Å². The van der Waals surface area contributed by atoms with Gasteiger partial charge in [0.15, 0.2) is 17.9 Å². The van der Waals surface area contributed by atoms with E-state index in [9.17, 15) is 4.79 Å². The van der Waals surface area contributed by atoms with E-state index in [4.69, 9.17) is 16.3 Å². The first kappa shape index (κ1) is 21.6. The molecule has 9 heteroatoms. The normalized spacial score (nSPS) is 17.2. The highest BCUT2D eigenvalue weighted by Crippen LogP contribution is 2.32. The summed E-state index contributed by atoms with van der Waals surface area (Å²) in [6.45, 7) is 2.45. The maximum Gasteiger partial charge on any atom is 0.253 e. The Morgan fingerprint density at radius 2 is 2.12 bits per heavy atom. The zero-order valence-electron chi connectivity index (χ0n) is 18.0. The third kappa shape index (κ3) is 4.24. The largest absolute Gasteiger partial charge is 0.361 e. The number of hydrogen-bond acceptors (Lipinski definition) is 5. The van der Waals surface area contributed by atoms with E-state index in [2.05, 4.69) is 20.4 Å². The third-order valence-electron chi connectivity index (χ3n) is 5.92. The molecule has 0 bridgehead atoms. The van der Waals surface area contributed by atoms with Crippen molar-refractivity contribution in [2.45, 2.75) is 38.5 Å². The molecule has 2 N–H and O–H groups in total. The Kier molecular flexibility index (Phi) is 5.86. The Morgan fingerprint density at radius 1 is 1.24 bits per heavy atom. The number of ether oxygens (including phenoxy) is 1. The summed E-state index contributed by atoms with van der Waals surface area (Å²) in [5.41, 5.74) is 1.87. The van der Waals surface area contributed by atoms with Crippen LogP contribution in [0.3, 0.4) is 0 Å². The van der Waals surface area contributed by atoms with Crippen molar-refractivity contribution in [1.82, 2.24) is 19.7 Å². The summed E-state index contributed by atoms with van der Waals surface area (Å²) in [4.78, 5) is 19.7. The van der Waals surface area contributed by atoms with Crippen LogP contribution in [0.15, 0.2) is 53.6 Å². The van der Waals surface area contributed by atoms with Gasteiger partial charge < -0.3 is 15.0 Å². The van der Waals surface area contributed by atoms with Crippen LogP contribution in [0.25, 0.3) is 22.2 Å². The van der Waals surface area contributed by atoms with Crippen molar-refractivity contribution in [3.05, 3.63) is 75.5 Å². The Morgan fingerprint density at radius 3 is 2.94 bits per heavy atom. The number of nitrogens with zero attached hydrogens (tertiary/aromatic N) is 3. The van der Waals surface area contributed by atoms with E-state index in [1.54, 1.807) is 54.2 Å². The Balaban J connectivity index is 1.46. The predicted molar refractivity (Wildman–Crippen MR) is 126 cm³/mol. The highest BCUT2D eigenvalue weighted by atomic mass is 35.5. The first-order chi connectivity index (χ1) is 16.0. The molecule has 2 unspecified atom stereocenters. The van der Waals surface area contributed by atoms with Gasteiger partial charge in [0.2, 0.25) is 0 Å². The molecule has 170 valence electrons. The third-order valence-corrected chi connectivity index (χ3v) is 6.15. The minimum absolute atomic E-state index is 0.0582. The summed E-state index contributed by atoms with van der Waals surface area (Å²) in [6, 6.07) is 9.89. The number of pyridine rings is 2. The molecule has 1 aromatic carbocycles. The number of benzene rings is 1. The van der Waals surface area contributed by atoms with Gasteiger partial charge in [-0.2, -0.15) is 5.10 Å². The molecule has 7 nitrogen and oxygen atoms in total. The van der Waals surface area contributed by atoms with Crippen LogP contribution < -0.4 is 10.9 Å². The lowest BCUT2D eigenvalue weighted by atomic mass is 10.1. The number of H-pyrrole nitrogens is 1. The molecule has 3 aromatic heterocycles. The van der Waals surface area contributed by atoms with Crippen LogP contribution in [0.1, 0.15) is 44.0 Å². The first-order valence-electron chi connectivity index (χ1n) is 10.9. The summed E-state index contributed by atoms with van der Waals surface area (Å²) < 4.78 is 23.1. The van der Waals surface area contributed by atoms with Crippen molar-refractivity contribution in [3.63, 3.8) is 0 Å². The maximum atomic E-state index is 15.6. The zero-order chi connectivity index (χ0) is 22.9. The van der Waals surface area contributed by atoms with Gasteiger partial charge in [-0.15, -0.1) is 0 Å². The number of aromatic amines is 1. The molecule has 0 saturated carbocycles. The van der Waals surface area contributed by atoms with Gasteiger partial charge in [0.1, 0.15) is 0 Å². The zero-order valence-corrected chi connectivity index (χ0v) is 18.8. The molecule has 2 atom stereocenters. The van der Waals surface area contributed by atoms with Gasteiger partial charge in [0, 0.05) is 46.1 Å². The first-order valence-corrected chi connectivity index (χ1v) is 11.3. The smallest absolute Gasteiger partial charge is 0.253 e. The van der Waals surface area contributed by atoms with Crippen LogP contribution in [0, 0.1) is 5.82 Å². The average Bonchev–Trinajstić information content (AvgIpc) is 3.30. The van der Waals surface area contributed by atoms with Crippen molar-refractivity contribution in [2.24, 2.45) is 0 Å². The molecule has 1 saturated heterocycles. The van der Waals surface area contributed by atoms with Gasteiger partial charge in [-0.1, -0.05) is 11.6 Å². The Bertz CT molecular complexity index is 1360. The fourth-order valence-corrected chi connectivity index (χ4v) is 4.40. The van der Waals surface area contributed by atoms with Gasteiger partial charge in [0.05, 0.1) is 11.7 Å². The van der Waals surface area contributed by atoms with Crippen molar-refractivity contribution in [3.8, 4) is 11.3 Å². The lowest BCUT2D eigenvalue weighted by Gasteiger charge is -2.24. The summed E-state index contributed by atoms with van der Waals surface area (Å²) in [6.07, 6.45) is 5.86. The van der Waals surface area contributed by atoms with E-state index in [1.165, 1.54) is 6.20 Å². The summed E-state index contributed by atoms with van der Waals surface area (Å²) in [7, 11) is 0. The Hall–Kier alpha value is -3.23. The van der Waals surface area contributed by atoms with Crippen molar-refractivity contribution in [1.29, 1.82) is 0 Å². The maximum absolute atomic E-state index is 15.6. The van der Waals surface area contributed by atoms with Crippen LogP contribution in [-0.4, -0.2) is 26.4 Å². The fourth-order valence-electron chi connectivity index (χ4n) is 4.21. The highest BCUT2D eigenvalue weighted by Gasteiger charge is 2.23. The van der Waals surface area contributed by atoms with E-state index >= 15 is 4.39 Å². The number of rotatable bonds is 5. The fraction of sp³-hybridized carbons (Fsp3) is 0.292. The molecule has 0 aliphatic carbocycles. The quantitative estimate of drug-likeness (QED) is 0.407.